The van der Waals surface area contributed by atoms with Gasteiger partial charge in [0.15, 0.2) is 0 Å². The second kappa shape index (κ2) is 9.23. The van der Waals surface area contributed by atoms with E-state index in [1.54, 1.807) is 12.1 Å². The molecular formula is C15H15N. The summed E-state index contributed by atoms with van der Waals surface area (Å²) in [5.74, 6) is 0. The maximum Gasteiger partial charge on any atom is 0.0905 e. The molecule has 1 heteroatoms. The Morgan fingerprint density at radius 1 is 1.00 bits per heavy atom. The zero-order valence-corrected chi connectivity index (χ0v) is 9.26. The van der Waals surface area contributed by atoms with Crippen molar-refractivity contribution in [2.75, 3.05) is 0 Å². The van der Waals surface area contributed by atoms with E-state index < -0.39 is 0 Å². The number of nitrogens with zero attached hydrogens (tertiary/aromatic N) is 1. The number of hydrogen-bond donors (Lipinski definition) is 0. The SMILES string of the molecule is C=CC#N.C=CC=Cc1ccc(C=C)cc1. The molecule has 1 aromatic rings. The van der Waals surface area contributed by atoms with Gasteiger partial charge >= 0.3 is 0 Å². The molecule has 1 rings (SSSR count). The quantitative estimate of drug-likeness (QED) is 0.540. The minimum Gasteiger partial charge on any atom is -0.193 e. The lowest BCUT2D eigenvalue weighted by atomic mass is 10.1. The molecule has 0 aliphatic heterocycles. The third kappa shape index (κ3) is 6.17. The molecule has 0 saturated carbocycles. The second-order valence-corrected chi connectivity index (χ2v) is 2.80. The van der Waals surface area contributed by atoms with Crippen LogP contribution in [0.1, 0.15) is 11.1 Å². The predicted molar refractivity (Wildman–Crippen MR) is 71.6 cm³/mol. The van der Waals surface area contributed by atoms with E-state index in [9.17, 15) is 0 Å². The Kier molecular flexibility index (Phi) is 7.89. The smallest absolute Gasteiger partial charge is 0.0905 e. The fourth-order valence-electron chi connectivity index (χ4n) is 0.922. The van der Waals surface area contributed by atoms with Crippen molar-refractivity contribution in [3.63, 3.8) is 0 Å². The molecule has 0 saturated heterocycles. The molecule has 1 aromatic carbocycles. The summed E-state index contributed by atoms with van der Waals surface area (Å²) in [6, 6.07) is 9.87. The number of hydrogen-bond acceptors (Lipinski definition) is 1. The molecule has 16 heavy (non-hydrogen) atoms. The van der Waals surface area contributed by atoms with Gasteiger partial charge in [-0.3, -0.25) is 0 Å². The molecule has 0 radical (unpaired) electrons. The molecule has 0 fully saturated rings. The third-order valence-electron chi connectivity index (χ3n) is 1.69. The van der Waals surface area contributed by atoms with Crippen LogP contribution in [0.4, 0.5) is 0 Å². The van der Waals surface area contributed by atoms with Crippen LogP contribution in [-0.4, -0.2) is 0 Å². The van der Waals surface area contributed by atoms with E-state index in [0.29, 0.717) is 0 Å². The van der Waals surface area contributed by atoms with Gasteiger partial charge in [-0.05, 0) is 11.1 Å². The van der Waals surface area contributed by atoms with Crippen molar-refractivity contribution < 1.29 is 0 Å². The van der Waals surface area contributed by atoms with Crippen LogP contribution in [0.3, 0.4) is 0 Å². The van der Waals surface area contributed by atoms with E-state index in [-0.39, 0.29) is 0 Å². The molecular weight excluding hydrogens is 194 g/mol. The van der Waals surface area contributed by atoms with Gasteiger partial charge in [-0.1, -0.05) is 68.3 Å². The van der Waals surface area contributed by atoms with Gasteiger partial charge < -0.3 is 0 Å². The summed E-state index contributed by atoms with van der Waals surface area (Å²) in [7, 11) is 0. The van der Waals surface area contributed by atoms with Gasteiger partial charge in [-0.25, -0.2) is 0 Å². The monoisotopic (exact) mass is 209 g/mol. The first-order chi connectivity index (χ1) is 7.78. The highest BCUT2D eigenvalue weighted by molar-refractivity contribution is 5.55. The van der Waals surface area contributed by atoms with Crippen molar-refractivity contribution in [1.29, 1.82) is 5.26 Å². The average Bonchev–Trinajstić information content (AvgIpc) is 2.37. The lowest BCUT2D eigenvalue weighted by Crippen LogP contribution is -1.72. The Morgan fingerprint density at radius 3 is 1.88 bits per heavy atom. The van der Waals surface area contributed by atoms with Crippen LogP contribution in [-0.2, 0) is 0 Å². The van der Waals surface area contributed by atoms with Crippen LogP contribution in [0, 0.1) is 11.3 Å². The Labute approximate surface area is 97.4 Å². The number of rotatable bonds is 3. The van der Waals surface area contributed by atoms with Gasteiger partial charge in [0, 0.05) is 6.08 Å². The Morgan fingerprint density at radius 2 is 1.50 bits per heavy atom. The van der Waals surface area contributed by atoms with Crippen LogP contribution < -0.4 is 0 Å². The summed E-state index contributed by atoms with van der Waals surface area (Å²) >= 11 is 0. The van der Waals surface area contributed by atoms with Crippen LogP contribution in [0.25, 0.3) is 12.2 Å². The first-order valence-electron chi connectivity index (χ1n) is 4.80. The molecule has 1 nitrogen and oxygen atoms in total. The molecule has 0 heterocycles. The van der Waals surface area contributed by atoms with Crippen molar-refractivity contribution >= 4 is 12.2 Å². The van der Waals surface area contributed by atoms with E-state index in [1.807, 2.05) is 30.4 Å². The van der Waals surface area contributed by atoms with Gasteiger partial charge in [-0.2, -0.15) is 5.26 Å². The molecule has 0 spiro atoms. The Bertz CT molecular complexity index is 402. The van der Waals surface area contributed by atoms with Crippen LogP contribution >= 0.6 is 0 Å². The number of allylic oxidation sites excluding steroid dienone is 3. The summed E-state index contributed by atoms with van der Waals surface area (Å²) in [6.07, 6.45) is 8.71. The van der Waals surface area contributed by atoms with E-state index in [1.165, 1.54) is 11.6 Å². The number of nitriles is 1. The van der Waals surface area contributed by atoms with Crippen LogP contribution in [0.5, 0.6) is 0 Å². The molecule has 0 amide bonds. The fraction of sp³-hybridized carbons (Fsp3) is 0. The Balaban J connectivity index is 0.000000487. The average molecular weight is 209 g/mol. The molecule has 0 bridgehead atoms. The largest absolute Gasteiger partial charge is 0.193 e. The van der Waals surface area contributed by atoms with Crippen molar-refractivity contribution in [2.45, 2.75) is 0 Å². The summed E-state index contributed by atoms with van der Waals surface area (Å²) in [6.45, 7) is 10.4. The zero-order valence-electron chi connectivity index (χ0n) is 9.26. The van der Waals surface area contributed by atoms with Gasteiger partial charge in [0.25, 0.3) is 0 Å². The maximum atomic E-state index is 7.51. The summed E-state index contributed by atoms with van der Waals surface area (Å²) < 4.78 is 0. The van der Waals surface area contributed by atoms with E-state index in [0.717, 1.165) is 5.56 Å². The van der Waals surface area contributed by atoms with E-state index >= 15 is 0 Å². The van der Waals surface area contributed by atoms with Gasteiger partial charge in [0.1, 0.15) is 0 Å². The number of benzene rings is 1. The van der Waals surface area contributed by atoms with Crippen molar-refractivity contribution in [1.82, 2.24) is 0 Å². The fourth-order valence-corrected chi connectivity index (χ4v) is 0.922. The molecule has 0 N–H and O–H groups in total. The molecule has 0 atom stereocenters. The standard InChI is InChI=1S/C12H12.C3H3N/c1-3-5-6-12-9-7-11(4-2)8-10-12;1-2-3-4/h3-10H,1-2H2;2H,1H2. The predicted octanol–water partition coefficient (Wildman–Crippen LogP) is 4.22. The maximum absolute atomic E-state index is 7.51. The van der Waals surface area contributed by atoms with Crippen LogP contribution in [0.2, 0.25) is 0 Å². The molecule has 80 valence electrons. The molecule has 0 aromatic heterocycles. The van der Waals surface area contributed by atoms with Gasteiger partial charge in [0.2, 0.25) is 0 Å². The highest BCUT2D eigenvalue weighted by Crippen LogP contribution is 2.06. The lowest BCUT2D eigenvalue weighted by molar-refractivity contribution is 1.54. The summed E-state index contributed by atoms with van der Waals surface area (Å²) in [5, 5.41) is 7.51. The normalized spacial score (nSPS) is 8.44. The van der Waals surface area contributed by atoms with Gasteiger partial charge in [-0.15, -0.1) is 0 Å². The first-order valence-corrected chi connectivity index (χ1v) is 4.80. The minimum atomic E-state index is 1.14. The van der Waals surface area contributed by atoms with Crippen molar-refractivity contribution in [3.05, 3.63) is 73.4 Å². The van der Waals surface area contributed by atoms with E-state index in [2.05, 4.69) is 31.9 Å². The molecule has 0 aliphatic carbocycles. The van der Waals surface area contributed by atoms with Crippen molar-refractivity contribution in [2.24, 2.45) is 0 Å². The molecule has 0 aliphatic rings. The zero-order chi connectivity index (χ0) is 12.2. The summed E-state index contributed by atoms with van der Waals surface area (Å²) in [4.78, 5) is 0. The first kappa shape index (κ1) is 13.7. The van der Waals surface area contributed by atoms with Crippen LogP contribution in [0.15, 0.2) is 62.2 Å². The summed E-state index contributed by atoms with van der Waals surface area (Å²) in [5.41, 5.74) is 2.33. The second-order valence-electron chi connectivity index (χ2n) is 2.80. The minimum absolute atomic E-state index is 1.14. The highest BCUT2D eigenvalue weighted by Gasteiger charge is 1.85. The topological polar surface area (TPSA) is 23.8 Å². The van der Waals surface area contributed by atoms with Gasteiger partial charge in [0.05, 0.1) is 6.07 Å². The third-order valence-corrected chi connectivity index (χ3v) is 1.69. The molecule has 0 unspecified atom stereocenters. The lowest BCUT2D eigenvalue weighted by Gasteiger charge is -1.93. The van der Waals surface area contributed by atoms with E-state index in [4.69, 9.17) is 5.26 Å². The van der Waals surface area contributed by atoms with Crippen molar-refractivity contribution in [3.8, 4) is 6.07 Å². The highest BCUT2D eigenvalue weighted by atomic mass is 14.2. The Hall–Kier alpha value is -2.33.